The maximum Gasteiger partial charge on any atom is 0.237 e. The first-order valence-electron chi connectivity index (χ1n) is 6.04. The quantitative estimate of drug-likeness (QED) is 0.672. The molecule has 0 spiro atoms. The molecule has 2 N–H and O–H groups in total. The third-order valence-electron chi connectivity index (χ3n) is 2.44. The van der Waals surface area contributed by atoms with Crippen LogP contribution in [0.2, 0.25) is 5.02 Å². The van der Waals surface area contributed by atoms with E-state index in [9.17, 15) is 0 Å². The number of nitrogen functional groups attached to an aromatic ring is 1. The molecule has 19 heavy (non-hydrogen) atoms. The van der Waals surface area contributed by atoms with E-state index in [4.69, 9.17) is 21.9 Å². The summed E-state index contributed by atoms with van der Waals surface area (Å²) in [7, 11) is 0. The van der Waals surface area contributed by atoms with Crippen LogP contribution in [-0.4, -0.2) is 10.1 Å². The third kappa shape index (κ3) is 3.88. The van der Waals surface area contributed by atoms with Gasteiger partial charge in [0.2, 0.25) is 5.89 Å². The molecule has 0 amide bonds. The van der Waals surface area contributed by atoms with Crippen molar-refractivity contribution in [2.24, 2.45) is 5.92 Å². The Bertz CT molecular complexity index is 536. The van der Waals surface area contributed by atoms with E-state index in [0.29, 0.717) is 28.3 Å². The molecule has 0 atom stereocenters. The zero-order chi connectivity index (χ0) is 13.8. The first-order valence-corrected chi connectivity index (χ1v) is 7.41. The Hall–Kier alpha value is -1.20. The van der Waals surface area contributed by atoms with Crippen molar-refractivity contribution in [1.29, 1.82) is 0 Å². The fourth-order valence-corrected chi connectivity index (χ4v) is 2.78. The fraction of sp³-hybridized carbons (Fsp3) is 0.385. The molecule has 0 aliphatic heterocycles. The summed E-state index contributed by atoms with van der Waals surface area (Å²) < 4.78 is 5.20. The summed E-state index contributed by atoms with van der Waals surface area (Å²) in [6, 6.07) is 5.47. The molecule has 0 fully saturated rings. The van der Waals surface area contributed by atoms with Crippen LogP contribution in [-0.2, 0) is 12.2 Å². The van der Waals surface area contributed by atoms with Crippen molar-refractivity contribution in [3.63, 3.8) is 0 Å². The summed E-state index contributed by atoms with van der Waals surface area (Å²) in [5, 5.41) is 4.60. The maximum absolute atomic E-state index is 6.10. The van der Waals surface area contributed by atoms with Crippen LogP contribution in [0.15, 0.2) is 27.6 Å². The first kappa shape index (κ1) is 14.2. The molecule has 1 aromatic heterocycles. The maximum atomic E-state index is 6.10. The number of hydrogen-bond acceptors (Lipinski definition) is 5. The minimum atomic E-state index is 0.511. The molecule has 102 valence electrons. The Morgan fingerprint density at radius 2 is 2.21 bits per heavy atom. The lowest BCUT2D eigenvalue weighted by molar-refractivity contribution is 0.382. The topological polar surface area (TPSA) is 64.9 Å². The van der Waals surface area contributed by atoms with E-state index < -0.39 is 0 Å². The van der Waals surface area contributed by atoms with Gasteiger partial charge in [0.1, 0.15) is 0 Å². The Morgan fingerprint density at radius 3 is 2.89 bits per heavy atom. The summed E-state index contributed by atoms with van der Waals surface area (Å²) in [4.78, 5) is 5.20. The summed E-state index contributed by atoms with van der Waals surface area (Å²) in [5.74, 6) is 2.42. The van der Waals surface area contributed by atoms with Gasteiger partial charge in [0, 0.05) is 17.0 Å². The van der Waals surface area contributed by atoms with E-state index in [1.54, 1.807) is 0 Å². The van der Waals surface area contributed by atoms with Crippen molar-refractivity contribution in [3.8, 4) is 0 Å². The van der Waals surface area contributed by atoms with Crippen LogP contribution in [0, 0.1) is 5.92 Å². The lowest BCUT2D eigenvalue weighted by atomic mass is 10.1. The van der Waals surface area contributed by atoms with Gasteiger partial charge in [0.25, 0.3) is 0 Å². The van der Waals surface area contributed by atoms with Crippen LogP contribution in [0.25, 0.3) is 0 Å². The number of nitrogens with zero attached hydrogens (tertiary/aromatic N) is 2. The molecular formula is C13H16ClN3OS. The van der Waals surface area contributed by atoms with E-state index in [2.05, 4.69) is 24.0 Å². The summed E-state index contributed by atoms with van der Waals surface area (Å²) >= 11 is 7.61. The lowest BCUT2D eigenvalue weighted by Gasteiger charge is -2.05. The van der Waals surface area contributed by atoms with E-state index in [-0.39, 0.29) is 0 Å². The number of anilines is 1. The summed E-state index contributed by atoms with van der Waals surface area (Å²) in [6.07, 6.45) is 0.822. The highest BCUT2D eigenvalue weighted by Crippen LogP contribution is 2.34. The predicted molar refractivity (Wildman–Crippen MR) is 78.3 cm³/mol. The van der Waals surface area contributed by atoms with Crippen LogP contribution < -0.4 is 5.73 Å². The van der Waals surface area contributed by atoms with Gasteiger partial charge in [-0.15, -0.1) is 11.8 Å². The van der Waals surface area contributed by atoms with Gasteiger partial charge in [-0.1, -0.05) is 36.7 Å². The van der Waals surface area contributed by atoms with Crippen LogP contribution in [0.5, 0.6) is 0 Å². The third-order valence-corrected chi connectivity index (χ3v) is 4.00. The zero-order valence-corrected chi connectivity index (χ0v) is 12.5. The normalized spacial score (nSPS) is 11.2. The smallest absolute Gasteiger partial charge is 0.237 e. The van der Waals surface area contributed by atoms with Gasteiger partial charge in [-0.25, -0.2) is 0 Å². The summed E-state index contributed by atoms with van der Waals surface area (Å²) in [6.45, 7) is 4.24. The largest absolute Gasteiger partial charge is 0.398 e. The number of hydrogen-bond donors (Lipinski definition) is 1. The van der Waals surface area contributed by atoms with Gasteiger partial charge in [-0.3, -0.25) is 0 Å². The minimum absolute atomic E-state index is 0.511. The van der Waals surface area contributed by atoms with Gasteiger partial charge in [-0.05, 0) is 18.1 Å². The molecule has 0 unspecified atom stereocenters. The van der Waals surface area contributed by atoms with Gasteiger partial charge < -0.3 is 10.3 Å². The SMILES string of the molecule is CC(C)Cc1noc(CSc2c(N)cccc2Cl)n1. The molecule has 0 saturated carbocycles. The highest BCUT2D eigenvalue weighted by atomic mass is 35.5. The van der Waals surface area contributed by atoms with Crippen molar-refractivity contribution >= 4 is 29.1 Å². The minimum Gasteiger partial charge on any atom is -0.398 e. The molecule has 0 radical (unpaired) electrons. The van der Waals surface area contributed by atoms with Crippen molar-refractivity contribution in [2.45, 2.75) is 30.9 Å². The molecule has 2 aromatic rings. The van der Waals surface area contributed by atoms with Gasteiger partial charge in [0.15, 0.2) is 5.82 Å². The number of halogens is 1. The number of nitrogens with two attached hydrogens (primary N) is 1. The zero-order valence-electron chi connectivity index (χ0n) is 10.9. The number of thioether (sulfide) groups is 1. The molecule has 4 nitrogen and oxygen atoms in total. The van der Waals surface area contributed by atoms with Gasteiger partial charge >= 0.3 is 0 Å². The molecule has 1 heterocycles. The Morgan fingerprint density at radius 1 is 1.42 bits per heavy atom. The number of aromatic nitrogens is 2. The monoisotopic (exact) mass is 297 g/mol. The van der Waals surface area contributed by atoms with E-state index in [1.165, 1.54) is 11.8 Å². The van der Waals surface area contributed by atoms with E-state index in [1.807, 2.05) is 18.2 Å². The highest BCUT2D eigenvalue weighted by Gasteiger charge is 2.11. The Kier molecular flexibility index (Phi) is 4.71. The van der Waals surface area contributed by atoms with Crippen LogP contribution in [0.3, 0.4) is 0 Å². The Balaban J connectivity index is 2.01. The van der Waals surface area contributed by atoms with Crippen molar-refractivity contribution in [1.82, 2.24) is 10.1 Å². The molecule has 0 bridgehead atoms. The molecule has 1 aromatic carbocycles. The first-order chi connectivity index (χ1) is 9.06. The van der Waals surface area contributed by atoms with E-state index in [0.717, 1.165) is 17.1 Å². The Labute approximate surface area is 121 Å². The van der Waals surface area contributed by atoms with Crippen molar-refractivity contribution in [3.05, 3.63) is 34.9 Å². The molecule has 0 aliphatic rings. The van der Waals surface area contributed by atoms with Gasteiger partial charge in [-0.2, -0.15) is 4.98 Å². The lowest BCUT2D eigenvalue weighted by Crippen LogP contribution is -1.96. The molecule has 2 rings (SSSR count). The molecule has 0 saturated heterocycles. The standard InChI is InChI=1S/C13H16ClN3OS/c1-8(2)6-11-16-12(18-17-11)7-19-13-9(14)4-3-5-10(13)15/h3-5,8H,6-7,15H2,1-2H3. The van der Waals surface area contributed by atoms with Crippen molar-refractivity contribution < 1.29 is 4.52 Å². The van der Waals surface area contributed by atoms with Gasteiger partial charge in [0.05, 0.1) is 10.8 Å². The molecular weight excluding hydrogens is 282 g/mol. The second-order valence-electron chi connectivity index (χ2n) is 4.65. The number of benzene rings is 1. The average Bonchev–Trinajstić information content (AvgIpc) is 2.75. The molecule has 6 heteroatoms. The van der Waals surface area contributed by atoms with Crippen LogP contribution in [0.1, 0.15) is 25.6 Å². The molecule has 0 aliphatic carbocycles. The fourth-order valence-electron chi connectivity index (χ4n) is 1.61. The highest BCUT2D eigenvalue weighted by molar-refractivity contribution is 7.98. The second kappa shape index (κ2) is 6.30. The van der Waals surface area contributed by atoms with Crippen LogP contribution >= 0.6 is 23.4 Å². The predicted octanol–water partition coefficient (Wildman–Crippen LogP) is 3.80. The summed E-state index contributed by atoms with van der Waals surface area (Å²) in [5.41, 5.74) is 6.55. The van der Waals surface area contributed by atoms with Crippen LogP contribution in [0.4, 0.5) is 5.69 Å². The van der Waals surface area contributed by atoms with Crippen molar-refractivity contribution in [2.75, 3.05) is 5.73 Å². The second-order valence-corrected chi connectivity index (χ2v) is 6.04. The number of rotatable bonds is 5. The van der Waals surface area contributed by atoms with E-state index >= 15 is 0 Å². The average molecular weight is 298 g/mol.